The van der Waals surface area contributed by atoms with Crippen LogP contribution in [-0.4, -0.2) is 12.0 Å². The van der Waals surface area contributed by atoms with Gasteiger partial charge in [-0.1, -0.05) is 0 Å². The lowest BCUT2D eigenvalue weighted by Gasteiger charge is -2.04. The fourth-order valence-corrected chi connectivity index (χ4v) is 1.27. The zero-order valence-electron chi connectivity index (χ0n) is 8.18. The van der Waals surface area contributed by atoms with Gasteiger partial charge in [0.15, 0.2) is 0 Å². The first-order chi connectivity index (χ1) is 7.80. The van der Waals surface area contributed by atoms with Crippen molar-refractivity contribution in [1.29, 1.82) is 0 Å². The van der Waals surface area contributed by atoms with Crippen LogP contribution in [0.4, 0.5) is 23.2 Å². The van der Waals surface area contributed by atoms with Crippen molar-refractivity contribution in [2.24, 2.45) is 0 Å². The first-order valence-corrected chi connectivity index (χ1v) is 5.09. The van der Waals surface area contributed by atoms with E-state index in [9.17, 15) is 22.4 Å². The highest BCUT2D eigenvalue weighted by Crippen LogP contribution is 2.23. The normalized spacial score (nSPS) is 11.8. The molecule has 1 rings (SSSR count). The zero-order chi connectivity index (χ0) is 13.1. The van der Waals surface area contributed by atoms with Gasteiger partial charge in [0, 0.05) is 16.7 Å². The lowest BCUT2D eigenvalue weighted by molar-refractivity contribution is -0.165. The largest absolute Gasteiger partial charge is 0.454 e. The third kappa shape index (κ3) is 4.18. The number of nitrogens with one attached hydrogen (secondary N) is 1. The van der Waals surface area contributed by atoms with E-state index in [0.29, 0.717) is 10.5 Å². The van der Waals surface area contributed by atoms with Gasteiger partial charge in [-0.05, 0) is 34.1 Å². The minimum Gasteiger partial charge on any atom is -0.361 e. The van der Waals surface area contributed by atoms with Gasteiger partial charge in [-0.2, -0.15) is 13.2 Å². The number of hydrogen-bond acceptors (Lipinski definition) is 2. The molecule has 17 heavy (non-hydrogen) atoms. The maximum absolute atomic E-state index is 12.8. The SMILES string of the molecule is O=C(C=CNc1cc(F)ccc1Br)C(F)(F)F. The molecule has 1 N–H and O–H groups in total. The van der Waals surface area contributed by atoms with Gasteiger partial charge in [-0.25, -0.2) is 4.39 Å². The number of halogens is 5. The molecule has 0 radical (unpaired) electrons. The molecular weight excluding hydrogens is 306 g/mol. The van der Waals surface area contributed by atoms with E-state index in [1.54, 1.807) is 0 Å². The highest BCUT2D eigenvalue weighted by molar-refractivity contribution is 9.10. The Morgan fingerprint density at radius 2 is 2.00 bits per heavy atom. The van der Waals surface area contributed by atoms with Gasteiger partial charge in [-0.3, -0.25) is 4.79 Å². The van der Waals surface area contributed by atoms with Crippen molar-refractivity contribution in [2.75, 3.05) is 5.32 Å². The number of ketones is 1. The summed E-state index contributed by atoms with van der Waals surface area (Å²) in [5, 5.41) is 2.37. The molecule has 7 heteroatoms. The van der Waals surface area contributed by atoms with Crippen LogP contribution in [0.3, 0.4) is 0 Å². The molecule has 0 unspecified atom stereocenters. The molecular formula is C10H6BrF4NO. The number of carbonyl (C=O) groups excluding carboxylic acids is 1. The van der Waals surface area contributed by atoms with E-state index in [2.05, 4.69) is 21.2 Å². The van der Waals surface area contributed by atoms with E-state index in [0.717, 1.165) is 12.3 Å². The highest BCUT2D eigenvalue weighted by Gasteiger charge is 2.35. The Labute approximate surface area is 102 Å². The molecule has 0 saturated heterocycles. The van der Waals surface area contributed by atoms with E-state index >= 15 is 0 Å². The van der Waals surface area contributed by atoms with Crippen LogP contribution in [0.2, 0.25) is 0 Å². The van der Waals surface area contributed by atoms with Crippen LogP contribution < -0.4 is 5.32 Å². The highest BCUT2D eigenvalue weighted by atomic mass is 79.9. The minimum atomic E-state index is -4.91. The van der Waals surface area contributed by atoms with Crippen LogP contribution in [0, 0.1) is 5.82 Å². The second-order valence-corrected chi connectivity index (χ2v) is 3.82. The number of carbonyl (C=O) groups is 1. The molecule has 0 amide bonds. The molecule has 0 aliphatic carbocycles. The number of anilines is 1. The average molecular weight is 312 g/mol. The molecule has 0 heterocycles. The molecule has 1 aromatic rings. The van der Waals surface area contributed by atoms with Gasteiger partial charge < -0.3 is 5.32 Å². The number of allylic oxidation sites excluding steroid dienone is 1. The fourth-order valence-electron chi connectivity index (χ4n) is 0.910. The summed E-state index contributed by atoms with van der Waals surface area (Å²) >= 11 is 3.07. The Balaban J connectivity index is 2.71. The molecule has 0 fully saturated rings. The van der Waals surface area contributed by atoms with Gasteiger partial charge in [-0.15, -0.1) is 0 Å². The van der Waals surface area contributed by atoms with E-state index < -0.39 is 17.8 Å². The van der Waals surface area contributed by atoms with Gasteiger partial charge in [0.1, 0.15) is 5.82 Å². The molecule has 0 aromatic heterocycles. The van der Waals surface area contributed by atoms with Crippen LogP contribution in [-0.2, 0) is 4.79 Å². The Morgan fingerprint density at radius 3 is 2.59 bits per heavy atom. The maximum Gasteiger partial charge on any atom is 0.454 e. The van der Waals surface area contributed by atoms with Crippen molar-refractivity contribution in [3.63, 3.8) is 0 Å². The predicted molar refractivity (Wildman–Crippen MR) is 57.9 cm³/mol. The minimum absolute atomic E-state index is 0.219. The summed E-state index contributed by atoms with van der Waals surface area (Å²) in [4.78, 5) is 10.5. The fraction of sp³-hybridized carbons (Fsp3) is 0.100. The van der Waals surface area contributed by atoms with E-state index in [1.165, 1.54) is 12.1 Å². The van der Waals surface area contributed by atoms with Crippen molar-refractivity contribution in [1.82, 2.24) is 0 Å². The molecule has 0 atom stereocenters. The number of alkyl halides is 3. The first-order valence-electron chi connectivity index (χ1n) is 4.30. The van der Waals surface area contributed by atoms with Crippen LogP contribution in [0.15, 0.2) is 34.9 Å². The van der Waals surface area contributed by atoms with Crippen LogP contribution >= 0.6 is 15.9 Å². The summed E-state index contributed by atoms with van der Waals surface area (Å²) in [6, 6.07) is 3.64. The van der Waals surface area contributed by atoms with Gasteiger partial charge in [0.2, 0.25) is 0 Å². The Morgan fingerprint density at radius 1 is 1.35 bits per heavy atom. The smallest absolute Gasteiger partial charge is 0.361 e. The number of rotatable bonds is 3. The summed E-state index contributed by atoms with van der Waals surface area (Å²) < 4.78 is 48.7. The number of benzene rings is 1. The van der Waals surface area contributed by atoms with Crippen LogP contribution in [0.1, 0.15) is 0 Å². The summed E-state index contributed by atoms with van der Waals surface area (Å²) in [5.74, 6) is -2.54. The summed E-state index contributed by atoms with van der Waals surface area (Å²) in [6.07, 6.45) is -3.77. The Bertz CT molecular complexity index is 456. The Kier molecular flexibility index (Phi) is 4.28. The maximum atomic E-state index is 12.8. The van der Waals surface area contributed by atoms with E-state index in [-0.39, 0.29) is 5.69 Å². The lowest BCUT2D eigenvalue weighted by Crippen LogP contribution is -2.20. The van der Waals surface area contributed by atoms with Gasteiger partial charge >= 0.3 is 6.18 Å². The summed E-state index contributed by atoms with van der Waals surface area (Å²) in [5.41, 5.74) is 0.219. The second kappa shape index (κ2) is 5.31. The lowest BCUT2D eigenvalue weighted by atomic mass is 10.3. The van der Waals surface area contributed by atoms with Crippen molar-refractivity contribution in [2.45, 2.75) is 6.18 Å². The van der Waals surface area contributed by atoms with Gasteiger partial charge in [0.05, 0.1) is 5.69 Å². The van der Waals surface area contributed by atoms with Crippen LogP contribution in [0.5, 0.6) is 0 Å². The topological polar surface area (TPSA) is 29.1 Å². The quantitative estimate of drug-likeness (QED) is 0.682. The average Bonchev–Trinajstić information content (AvgIpc) is 2.21. The monoisotopic (exact) mass is 311 g/mol. The summed E-state index contributed by atoms with van der Waals surface area (Å²) in [6.45, 7) is 0. The van der Waals surface area contributed by atoms with E-state index in [4.69, 9.17) is 0 Å². The first kappa shape index (κ1) is 13.7. The predicted octanol–water partition coefficient (Wildman–Crippen LogP) is 3.65. The summed E-state index contributed by atoms with van der Waals surface area (Å²) in [7, 11) is 0. The molecule has 0 spiro atoms. The van der Waals surface area contributed by atoms with Crippen molar-refractivity contribution < 1.29 is 22.4 Å². The molecule has 1 aromatic carbocycles. The zero-order valence-corrected chi connectivity index (χ0v) is 9.77. The molecule has 92 valence electrons. The van der Waals surface area contributed by atoms with Crippen molar-refractivity contribution >= 4 is 27.4 Å². The third-order valence-corrected chi connectivity index (χ3v) is 2.37. The van der Waals surface area contributed by atoms with Crippen LogP contribution in [0.25, 0.3) is 0 Å². The molecule has 0 aliphatic heterocycles. The molecule has 0 aliphatic rings. The third-order valence-electron chi connectivity index (χ3n) is 1.68. The molecule has 0 bridgehead atoms. The van der Waals surface area contributed by atoms with Crippen molar-refractivity contribution in [3.05, 3.63) is 40.8 Å². The Hall–Kier alpha value is -1.37. The van der Waals surface area contributed by atoms with Gasteiger partial charge in [0.25, 0.3) is 5.78 Å². The van der Waals surface area contributed by atoms with Crippen molar-refractivity contribution in [3.8, 4) is 0 Å². The number of hydrogen-bond donors (Lipinski definition) is 1. The second-order valence-electron chi connectivity index (χ2n) is 2.96. The molecule has 2 nitrogen and oxygen atoms in total. The molecule has 0 saturated carbocycles. The standard InChI is InChI=1S/C10H6BrF4NO/c11-7-2-1-6(12)5-8(7)16-4-3-9(17)10(13,14)15/h1-5,16H. The van der Waals surface area contributed by atoms with E-state index in [1.807, 2.05) is 0 Å².